The summed E-state index contributed by atoms with van der Waals surface area (Å²) in [5.74, 6) is -2.79. The highest BCUT2D eigenvalue weighted by atomic mass is 32.2. The Morgan fingerprint density at radius 3 is 2.63 bits per heavy atom. The van der Waals surface area contributed by atoms with Crippen molar-refractivity contribution in [3.05, 3.63) is 0 Å². The van der Waals surface area contributed by atoms with Crippen LogP contribution in [0.5, 0.6) is 0 Å². The normalized spacial score (nSPS) is 21.2. The van der Waals surface area contributed by atoms with E-state index < -0.39 is 46.1 Å². The zero-order chi connectivity index (χ0) is 14.6. The molecule has 0 aromatic heterocycles. The molecule has 2 amide bonds. The number of rotatable bonds is 6. The zero-order valence-corrected chi connectivity index (χ0v) is 11.3. The van der Waals surface area contributed by atoms with Gasteiger partial charge < -0.3 is 5.11 Å². The summed E-state index contributed by atoms with van der Waals surface area (Å²) in [6, 6.07) is -0.910. The van der Waals surface area contributed by atoms with Gasteiger partial charge in [0.25, 0.3) is 0 Å². The van der Waals surface area contributed by atoms with Gasteiger partial charge in [0.05, 0.1) is 12.3 Å². The molecule has 1 atom stereocenters. The number of imide groups is 1. The standard InChI is InChI=1S/C10H16N2O6S/c1-2-7-10(16)11-8(13)6-12(7)19(17,18)5-3-4-9(14)15/h7H,2-6H2,1H3,(H,14,15)(H,11,13,16). The highest BCUT2D eigenvalue weighted by Crippen LogP contribution is 2.15. The number of nitrogens with one attached hydrogen (secondary N) is 1. The SMILES string of the molecule is CCC1C(=O)NC(=O)CN1S(=O)(=O)CCCC(=O)O. The lowest BCUT2D eigenvalue weighted by molar-refractivity contribution is -0.138. The molecule has 0 aromatic rings. The van der Waals surface area contributed by atoms with Gasteiger partial charge in [-0.25, -0.2) is 8.42 Å². The Labute approximate surface area is 110 Å². The van der Waals surface area contributed by atoms with E-state index in [-0.39, 0.29) is 19.3 Å². The number of aliphatic carboxylic acids is 1. The van der Waals surface area contributed by atoms with Crippen LogP contribution in [0.1, 0.15) is 26.2 Å². The minimum absolute atomic E-state index is 0.0551. The lowest BCUT2D eigenvalue weighted by atomic mass is 10.2. The number of sulfonamides is 1. The van der Waals surface area contributed by atoms with Gasteiger partial charge in [-0.1, -0.05) is 6.92 Å². The monoisotopic (exact) mass is 292 g/mol. The van der Waals surface area contributed by atoms with Crippen molar-refractivity contribution >= 4 is 27.8 Å². The molecule has 9 heteroatoms. The molecule has 2 N–H and O–H groups in total. The molecular formula is C10H16N2O6S. The Morgan fingerprint density at radius 1 is 1.47 bits per heavy atom. The summed E-state index contributed by atoms with van der Waals surface area (Å²) in [7, 11) is -3.82. The largest absolute Gasteiger partial charge is 0.481 e. The first kappa shape index (κ1) is 15.6. The Bertz CT molecular complexity index is 486. The van der Waals surface area contributed by atoms with Crippen molar-refractivity contribution in [3.8, 4) is 0 Å². The molecule has 0 radical (unpaired) electrons. The van der Waals surface area contributed by atoms with E-state index in [1.807, 2.05) is 0 Å². The van der Waals surface area contributed by atoms with Gasteiger partial charge in [-0.2, -0.15) is 4.31 Å². The summed E-state index contributed by atoms with van der Waals surface area (Å²) in [6.45, 7) is 1.24. The predicted octanol–water partition coefficient (Wildman–Crippen LogP) is -1.08. The van der Waals surface area contributed by atoms with Crippen LogP contribution in [0.4, 0.5) is 0 Å². The van der Waals surface area contributed by atoms with E-state index >= 15 is 0 Å². The van der Waals surface area contributed by atoms with Crippen LogP contribution in [0.15, 0.2) is 0 Å². The number of hydrogen-bond acceptors (Lipinski definition) is 5. The Balaban J connectivity index is 2.81. The van der Waals surface area contributed by atoms with E-state index in [2.05, 4.69) is 5.32 Å². The highest BCUT2D eigenvalue weighted by molar-refractivity contribution is 7.89. The van der Waals surface area contributed by atoms with E-state index in [4.69, 9.17) is 5.11 Å². The lowest BCUT2D eigenvalue weighted by Gasteiger charge is -2.32. The summed E-state index contributed by atoms with van der Waals surface area (Å²) >= 11 is 0. The third kappa shape index (κ3) is 4.00. The number of piperazine rings is 1. The first-order valence-corrected chi connectivity index (χ1v) is 7.44. The zero-order valence-electron chi connectivity index (χ0n) is 10.5. The molecule has 1 rings (SSSR count). The van der Waals surface area contributed by atoms with E-state index in [9.17, 15) is 22.8 Å². The van der Waals surface area contributed by atoms with Crippen LogP contribution < -0.4 is 5.32 Å². The van der Waals surface area contributed by atoms with E-state index in [1.165, 1.54) is 0 Å². The second kappa shape index (κ2) is 6.11. The molecular weight excluding hydrogens is 276 g/mol. The second-order valence-electron chi connectivity index (χ2n) is 4.20. The maximum absolute atomic E-state index is 12.0. The maximum atomic E-state index is 12.0. The van der Waals surface area contributed by atoms with Crippen molar-refractivity contribution in [3.63, 3.8) is 0 Å². The third-order valence-electron chi connectivity index (χ3n) is 2.75. The molecule has 0 spiro atoms. The van der Waals surface area contributed by atoms with Gasteiger partial charge in [-0.15, -0.1) is 0 Å². The van der Waals surface area contributed by atoms with Gasteiger partial charge >= 0.3 is 5.97 Å². The first-order chi connectivity index (χ1) is 8.77. The lowest BCUT2D eigenvalue weighted by Crippen LogP contribution is -2.59. The fourth-order valence-electron chi connectivity index (χ4n) is 1.85. The van der Waals surface area contributed by atoms with Crippen LogP contribution in [-0.2, 0) is 24.4 Å². The number of carbonyl (C=O) groups is 3. The Morgan fingerprint density at radius 2 is 2.11 bits per heavy atom. The molecule has 0 aliphatic carbocycles. The van der Waals surface area contributed by atoms with Gasteiger partial charge in [0.15, 0.2) is 0 Å². The van der Waals surface area contributed by atoms with Gasteiger partial charge in [0, 0.05) is 6.42 Å². The molecule has 108 valence electrons. The van der Waals surface area contributed by atoms with E-state index in [0.717, 1.165) is 4.31 Å². The smallest absolute Gasteiger partial charge is 0.303 e. The first-order valence-electron chi connectivity index (χ1n) is 5.83. The van der Waals surface area contributed by atoms with Crippen LogP contribution in [0, 0.1) is 0 Å². The Hall–Kier alpha value is -1.48. The molecule has 1 aliphatic rings. The van der Waals surface area contributed by atoms with Crippen LogP contribution in [0.3, 0.4) is 0 Å². The van der Waals surface area contributed by atoms with Gasteiger partial charge in [-0.3, -0.25) is 19.7 Å². The summed E-state index contributed by atoms with van der Waals surface area (Å²) in [5.41, 5.74) is 0. The molecule has 1 saturated heterocycles. The van der Waals surface area contributed by atoms with Crippen molar-refractivity contribution in [1.82, 2.24) is 9.62 Å². The van der Waals surface area contributed by atoms with Crippen LogP contribution in [0.2, 0.25) is 0 Å². The van der Waals surface area contributed by atoms with Gasteiger partial charge in [-0.05, 0) is 12.8 Å². The molecule has 0 bridgehead atoms. The van der Waals surface area contributed by atoms with E-state index in [1.54, 1.807) is 6.92 Å². The second-order valence-corrected chi connectivity index (χ2v) is 6.24. The average molecular weight is 292 g/mol. The van der Waals surface area contributed by atoms with E-state index in [0.29, 0.717) is 0 Å². The van der Waals surface area contributed by atoms with Crippen molar-refractivity contribution in [1.29, 1.82) is 0 Å². The van der Waals surface area contributed by atoms with Crippen LogP contribution >= 0.6 is 0 Å². The Kier molecular flexibility index (Phi) is 5.01. The molecule has 0 saturated carbocycles. The molecule has 1 heterocycles. The van der Waals surface area contributed by atoms with Crippen LogP contribution in [0.25, 0.3) is 0 Å². The molecule has 0 aromatic carbocycles. The van der Waals surface area contributed by atoms with Gasteiger partial charge in [0.2, 0.25) is 21.8 Å². The van der Waals surface area contributed by atoms with Crippen molar-refractivity contribution in [2.24, 2.45) is 0 Å². The maximum Gasteiger partial charge on any atom is 0.303 e. The number of amides is 2. The quantitative estimate of drug-likeness (QED) is 0.601. The number of carbonyl (C=O) groups excluding carboxylic acids is 2. The van der Waals surface area contributed by atoms with Crippen molar-refractivity contribution in [2.45, 2.75) is 32.2 Å². The summed E-state index contributed by atoms with van der Waals surface area (Å²) in [6.07, 6.45) is -0.0817. The van der Waals surface area contributed by atoms with Crippen molar-refractivity contribution < 1.29 is 27.9 Å². The molecule has 1 fully saturated rings. The van der Waals surface area contributed by atoms with Gasteiger partial charge in [0.1, 0.15) is 6.04 Å². The number of carboxylic acid groups (broad SMARTS) is 1. The minimum atomic E-state index is -3.82. The fraction of sp³-hybridized carbons (Fsp3) is 0.700. The topological polar surface area (TPSA) is 121 Å². The predicted molar refractivity (Wildman–Crippen MR) is 64.6 cm³/mol. The number of carboxylic acids is 1. The van der Waals surface area contributed by atoms with Crippen molar-refractivity contribution in [2.75, 3.05) is 12.3 Å². The number of hydrogen-bond donors (Lipinski definition) is 2. The third-order valence-corrected chi connectivity index (χ3v) is 4.65. The summed E-state index contributed by atoms with van der Waals surface area (Å²) < 4.78 is 24.9. The van der Waals surface area contributed by atoms with Crippen LogP contribution in [-0.4, -0.2) is 54.0 Å². The molecule has 8 nitrogen and oxygen atoms in total. The minimum Gasteiger partial charge on any atom is -0.481 e. The summed E-state index contributed by atoms with van der Waals surface area (Å²) in [4.78, 5) is 33.1. The molecule has 1 aliphatic heterocycles. The molecule has 1 unspecified atom stereocenters. The highest BCUT2D eigenvalue weighted by Gasteiger charge is 2.39. The summed E-state index contributed by atoms with van der Waals surface area (Å²) in [5, 5.41) is 10.6. The fourth-order valence-corrected chi connectivity index (χ4v) is 3.54. The number of nitrogens with zero attached hydrogens (tertiary/aromatic N) is 1. The average Bonchev–Trinajstić information content (AvgIpc) is 2.27. The molecule has 19 heavy (non-hydrogen) atoms.